The van der Waals surface area contributed by atoms with E-state index in [1.807, 2.05) is 6.92 Å². The maximum absolute atomic E-state index is 10.7. The van der Waals surface area contributed by atoms with Gasteiger partial charge in [0.05, 0.1) is 5.76 Å². The zero-order valence-electron chi connectivity index (χ0n) is 9.00. The van der Waals surface area contributed by atoms with Gasteiger partial charge in [0.1, 0.15) is 0 Å². The molecule has 1 atom stereocenters. The van der Waals surface area contributed by atoms with E-state index >= 15 is 0 Å². The molecule has 2 heteroatoms. The first-order valence-corrected chi connectivity index (χ1v) is 4.84. The van der Waals surface area contributed by atoms with Crippen molar-refractivity contribution < 1.29 is 9.90 Å². The van der Waals surface area contributed by atoms with E-state index in [-0.39, 0.29) is 17.5 Å². The van der Waals surface area contributed by atoms with Gasteiger partial charge in [-0.25, -0.2) is 0 Å². The summed E-state index contributed by atoms with van der Waals surface area (Å²) in [5.74, 6) is 0.876. The number of carbonyl (C=O) groups is 1. The maximum atomic E-state index is 10.7. The molecule has 0 saturated carbocycles. The van der Waals surface area contributed by atoms with Gasteiger partial charge in [0.2, 0.25) is 0 Å². The van der Waals surface area contributed by atoms with Crippen molar-refractivity contribution in [2.24, 2.45) is 11.8 Å². The predicted octanol–water partition coefficient (Wildman–Crippen LogP) is 3.09. The van der Waals surface area contributed by atoms with Gasteiger partial charge in [0, 0.05) is 12.0 Å². The van der Waals surface area contributed by atoms with Crippen LogP contribution < -0.4 is 0 Å². The third-order valence-corrected chi connectivity index (χ3v) is 2.03. The highest BCUT2D eigenvalue weighted by Gasteiger charge is 2.08. The monoisotopic (exact) mass is 184 g/mol. The van der Waals surface area contributed by atoms with Gasteiger partial charge in [-0.1, -0.05) is 27.2 Å². The molecule has 0 aromatic carbocycles. The minimum atomic E-state index is -0.0890. The molecule has 1 N–H and O–H groups in total. The molecule has 1 unspecified atom stereocenters. The molecular weight excluding hydrogens is 164 g/mol. The maximum Gasteiger partial charge on any atom is 0.155 e. The zero-order valence-corrected chi connectivity index (χ0v) is 9.00. The summed E-state index contributed by atoms with van der Waals surface area (Å²) < 4.78 is 0. The Hall–Kier alpha value is -0.790. The number of aliphatic hydroxyl groups is 1. The molecule has 0 aromatic rings. The number of ketones is 1. The quantitative estimate of drug-likeness (QED) is 0.526. The van der Waals surface area contributed by atoms with E-state index in [1.54, 1.807) is 0 Å². The van der Waals surface area contributed by atoms with Gasteiger partial charge < -0.3 is 5.11 Å². The van der Waals surface area contributed by atoms with Crippen molar-refractivity contribution in [3.63, 3.8) is 0 Å². The lowest BCUT2D eigenvalue weighted by atomic mass is 9.97. The summed E-state index contributed by atoms with van der Waals surface area (Å²) in [6.07, 6.45) is 3.33. The highest BCUT2D eigenvalue weighted by molar-refractivity contribution is 5.87. The first kappa shape index (κ1) is 12.2. The topological polar surface area (TPSA) is 37.3 Å². The highest BCUT2D eigenvalue weighted by atomic mass is 16.3. The number of aliphatic hydroxyl groups excluding tert-OH is 1. The third kappa shape index (κ3) is 6.38. The molecule has 2 nitrogen and oxygen atoms in total. The van der Waals surface area contributed by atoms with Crippen LogP contribution in [0.4, 0.5) is 0 Å². The Bertz CT molecular complexity index is 192. The Balaban J connectivity index is 3.96. The molecule has 0 bridgehead atoms. The van der Waals surface area contributed by atoms with E-state index in [9.17, 15) is 9.90 Å². The van der Waals surface area contributed by atoms with Crippen molar-refractivity contribution >= 4 is 5.78 Å². The van der Waals surface area contributed by atoms with E-state index in [0.717, 1.165) is 12.8 Å². The molecule has 0 aliphatic rings. The lowest BCUT2D eigenvalue weighted by Gasteiger charge is -2.11. The van der Waals surface area contributed by atoms with Crippen LogP contribution in [0.5, 0.6) is 0 Å². The first-order valence-electron chi connectivity index (χ1n) is 4.84. The predicted molar refractivity (Wildman–Crippen MR) is 54.6 cm³/mol. The van der Waals surface area contributed by atoms with Crippen LogP contribution in [0.25, 0.3) is 0 Å². The molecule has 0 spiro atoms. The fourth-order valence-corrected chi connectivity index (χ4v) is 1.08. The third-order valence-electron chi connectivity index (χ3n) is 2.03. The smallest absolute Gasteiger partial charge is 0.155 e. The number of hydrogen-bond donors (Lipinski definition) is 1. The summed E-state index contributed by atoms with van der Waals surface area (Å²) in [7, 11) is 0. The van der Waals surface area contributed by atoms with Gasteiger partial charge in [-0.2, -0.15) is 0 Å². The Morgan fingerprint density at radius 3 is 2.23 bits per heavy atom. The Kier molecular flexibility index (Phi) is 5.44. The van der Waals surface area contributed by atoms with Crippen molar-refractivity contribution in [2.75, 3.05) is 0 Å². The van der Waals surface area contributed by atoms with Gasteiger partial charge >= 0.3 is 0 Å². The van der Waals surface area contributed by atoms with E-state index in [2.05, 4.69) is 13.8 Å². The van der Waals surface area contributed by atoms with Gasteiger partial charge in [-0.3, -0.25) is 4.79 Å². The molecule has 0 aliphatic heterocycles. The molecule has 0 fully saturated rings. The average molecular weight is 184 g/mol. The molecule has 0 saturated heterocycles. The second-order valence-corrected chi connectivity index (χ2v) is 4.05. The van der Waals surface area contributed by atoms with E-state index in [1.165, 1.54) is 13.0 Å². The Morgan fingerprint density at radius 1 is 1.31 bits per heavy atom. The van der Waals surface area contributed by atoms with Crippen LogP contribution in [0.15, 0.2) is 11.8 Å². The van der Waals surface area contributed by atoms with Crippen LogP contribution >= 0.6 is 0 Å². The fraction of sp³-hybridized carbons (Fsp3) is 0.727. The number of hydrogen-bond acceptors (Lipinski definition) is 2. The van der Waals surface area contributed by atoms with Crippen LogP contribution in [0.1, 0.15) is 40.5 Å². The number of allylic oxidation sites excluding steroid dienone is 2. The summed E-state index contributed by atoms with van der Waals surface area (Å²) >= 11 is 0. The summed E-state index contributed by atoms with van der Waals surface area (Å²) in [5.41, 5.74) is 0. The molecule has 0 rings (SSSR count). The van der Waals surface area contributed by atoms with Crippen molar-refractivity contribution in [3.05, 3.63) is 11.8 Å². The molecule has 0 heterocycles. The molecule has 76 valence electrons. The van der Waals surface area contributed by atoms with Gasteiger partial charge in [-0.05, 0) is 19.3 Å². The molecule has 0 radical (unpaired) electrons. The van der Waals surface area contributed by atoms with Crippen molar-refractivity contribution in [3.8, 4) is 0 Å². The van der Waals surface area contributed by atoms with E-state index in [0.29, 0.717) is 5.92 Å². The summed E-state index contributed by atoms with van der Waals surface area (Å²) in [6.45, 7) is 7.69. The lowest BCUT2D eigenvalue weighted by Crippen LogP contribution is -2.03. The van der Waals surface area contributed by atoms with Crippen molar-refractivity contribution in [1.29, 1.82) is 0 Å². The van der Waals surface area contributed by atoms with Gasteiger partial charge in [-0.15, -0.1) is 0 Å². The fourth-order valence-electron chi connectivity index (χ4n) is 1.08. The molecule has 13 heavy (non-hydrogen) atoms. The minimum absolute atomic E-state index is 0.0890. The molecule has 0 aromatic heterocycles. The highest BCUT2D eigenvalue weighted by Crippen LogP contribution is 2.17. The largest absolute Gasteiger partial charge is 0.512 e. The summed E-state index contributed by atoms with van der Waals surface area (Å²) in [4.78, 5) is 10.7. The summed E-state index contributed by atoms with van der Waals surface area (Å²) in [6, 6.07) is 0. The second-order valence-electron chi connectivity index (χ2n) is 4.05. The molecule has 0 amide bonds. The average Bonchev–Trinajstić information content (AvgIpc) is 1.98. The van der Waals surface area contributed by atoms with E-state index in [4.69, 9.17) is 0 Å². The van der Waals surface area contributed by atoms with Crippen LogP contribution in [0.3, 0.4) is 0 Å². The molecule has 0 aliphatic carbocycles. The van der Waals surface area contributed by atoms with Gasteiger partial charge in [0.25, 0.3) is 0 Å². The Morgan fingerprint density at radius 2 is 1.85 bits per heavy atom. The SMILES string of the molecule is CC(=O)C=C(O)C(C)CCC(C)C. The normalized spacial score (nSPS) is 14.7. The minimum Gasteiger partial charge on any atom is -0.512 e. The zero-order chi connectivity index (χ0) is 10.4. The summed E-state index contributed by atoms with van der Waals surface area (Å²) in [5, 5.41) is 9.44. The van der Waals surface area contributed by atoms with Crippen LogP contribution in [0, 0.1) is 11.8 Å². The van der Waals surface area contributed by atoms with Gasteiger partial charge in [0.15, 0.2) is 5.78 Å². The van der Waals surface area contributed by atoms with Crippen LogP contribution in [0.2, 0.25) is 0 Å². The number of rotatable bonds is 5. The van der Waals surface area contributed by atoms with E-state index < -0.39 is 0 Å². The Labute approximate surface area is 80.7 Å². The van der Waals surface area contributed by atoms with Crippen LogP contribution in [-0.4, -0.2) is 10.9 Å². The second kappa shape index (κ2) is 5.79. The molecular formula is C11H20O2. The number of carbonyl (C=O) groups excluding carboxylic acids is 1. The first-order chi connectivity index (χ1) is 5.93. The standard InChI is InChI=1S/C11H20O2/c1-8(2)5-6-9(3)11(13)7-10(4)12/h7-9,13H,5-6H2,1-4H3. The lowest BCUT2D eigenvalue weighted by molar-refractivity contribution is -0.112. The van der Waals surface area contributed by atoms with Crippen molar-refractivity contribution in [1.82, 2.24) is 0 Å². The van der Waals surface area contributed by atoms with Crippen molar-refractivity contribution in [2.45, 2.75) is 40.5 Å². The van der Waals surface area contributed by atoms with Crippen LogP contribution in [-0.2, 0) is 4.79 Å².